The molecule has 0 saturated carbocycles. The molecule has 1 rings (SSSR count). The van der Waals surface area contributed by atoms with E-state index in [1.54, 1.807) is 0 Å². The number of hydrogen-bond donors (Lipinski definition) is 1. The predicted octanol–water partition coefficient (Wildman–Crippen LogP) is 3.06. The fourth-order valence-electron chi connectivity index (χ4n) is 1.03. The molecule has 0 aliphatic carbocycles. The average Bonchev–Trinajstić information content (AvgIpc) is 2.16. The molecule has 0 spiro atoms. The Hall–Kier alpha value is -0.260. The maximum atomic E-state index is 12.5. The predicted molar refractivity (Wildman–Crippen MR) is 52.8 cm³/mol. The zero-order valence-corrected chi connectivity index (χ0v) is 9.32. The summed E-state index contributed by atoms with van der Waals surface area (Å²) in [6.07, 6.45) is -2.66. The fourth-order valence-corrected chi connectivity index (χ4v) is 1.60. The van der Waals surface area contributed by atoms with E-state index in [2.05, 4.69) is 20.9 Å². The van der Waals surface area contributed by atoms with Crippen molar-refractivity contribution in [3.05, 3.63) is 28.0 Å². The molecule has 0 saturated heterocycles. The van der Waals surface area contributed by atoms with Crippen LogP contribution >= 0.6 is 27.5 Å². The summed E-state index contributed by atoms with van der Waals surface area (Å²) in [7, 11) is 0. The van der Waals surface area contributed by atoms with Crippen molar-refractivity contribution in [3.8, 4) is 0 Å². The molecule has 1 N–H and O–H groups in total. The Balaban J connectivity index is 3.28. The highest BCUT2D eigenvalue weighted by Gasteiger charge is 2.17. The molecule has 0 aliphatic rings. The monoisotopic (exact) mass is 285 g/mol. The third-order valence-electron chi connectivity index (χ3n) is 1.69. The number of nitrogens with zero attached hydrogens (tertiary/aromatic N) is 1. The molecule has 2 nitrogen and oxygen atoms in total. The molecule has 6 heteroatoms. The first kappa shape index (κ1) is 11.8. The summed E-state index contributed by atoms with van der Waals surface area (Å²) < 4.78 is 25.0. The van der Waals surface area contributed by atoms with Gasteiger partial charge in [-0.2, -0.15) is 0 Å². The second kappa shape index (κ2) is 5.00. The smallest absolute Gasteiger partial charge is 0.264 e. The van der Waals surface area contributed by atoms with Crippen molar-refractivity contribution in [1.29, 1.82) is 0 Å². The van der Waals surface area contributed by atoms with Crippen LogP contribution in [0, 0.1) is 0 Å². The van der Waals surface area contributed by atoms with Crippen molar-refractivity contribution in [1.82, 2.24) is 4.98 Å². The summed E-state index contributed by atoms with van der Waals surface area (Å²) >= 11 is 8.73. The Bertz CT molecular complexity index is 335. The summed E-state index contributed by atoms with van der Waals surface area (Å²) in [6.45, 7) is -0.534. The van der Waals surface area contributed by atoms with Gasteiger partial charge >= 0.3 is 0 Å². The van der Waals surface area contributed by atoms with E-state index in [4.69, 9.17) is 16.7 Å². The van der Waals surface area contributed by atoms with E-state index in [1.807, 2.05) is 0 Å². The quantitative estimate of drug-likeness (QED) is 0.684. The Morgan fingerprint density at radius 1 is 1.57 bits per heavy atom. The van der Waals surface area contributed by atoms with E-state index in [-0.39, 0.29) is 16.3 Å². The molecule has 1 aromatic heterocycles. The summed E-state index contributed by atoms with van der Waals surface area (Å²) in [5, 5.41) is 9.12. The lowest BCUT2D eigenvalue weighted by Gasteiger charge is -2.09. The number of pyridine rings is 1. The van der Waals surface area contributed by atoms with Crippen LogP contribution in [-0.4, -0.2) is 10.1 Å². The van der Waals surface area contributed by atoms with Crippen LogP contribution in [0.3, 0.4) is 0 Å². The molecule has 0 unspecified atom stereocenters. The number of hydrogen-bond acceptors (Lipinski definition) is 2. The van der Waals surface area contributed by atoms with E-state index < -0.39 is 13.0 Å². The summed E-state index contributed by atoms with van der Waals surface area (Å²) in [5.41, 5.74) is 0.149. The van der Waals surface area contributed by atoms with Gasteiger partial charge in [-0.1, -0.05) is 27.5 Å². The van der Waals surface area contributed by atoms with Crippen LogP contribution in [0.1, 0.15) is 23.2 Å². The highest BCUT2D eigenvalue weighted by Crippen LogP contribution is 2.28. The molecule has 0 atom stereocenters. The topological polar surface area (TPSA) is 33.1 Å². The second-order valence-electron chi connectivity index (χ2n) is 2.56. The lowest BCUT2D eigenvalue weighted by Crippen LogP contribution is -2.00. The molecule has 78 valence electrons. The molecule has 0 radical (unpaired) electrons. The average molecular weight is 287 g/mol. The normalized spacial score (nSPS) is 11.0. The summed E-state index contributed by atoms with van der Waals surface area (Å²) in [5.74, 6) is 0. The van der Waals surface area contributed by atoms with Crippen molar-refractivity contribution < 1.29 is 13.9 Å². The van der Waals surface area contributed by atoms with Crippen molar-refractivity contribution in [2.45, 2.75) is 18.4 Å². The van der Waals surface area contributed by atoms with Crippen LogP contribution in [0.4, 0.5) is 8.78 Å². The van der Waals surface area contributed by atoms with Crippen LogP contribution in [0.15, 0.2) is 6.07 Å². The molecular formula is C8H7BrClF2NO. The largest absolute Gasteiger partial charge is 0.392 e. The Kier molecular flexibility index (Phi) is 4.22. The van der Waals surface area contributed by atoms with Gasteiger partial charge in [0.25, 0.3) is 6.43 Å². The molecule has 0 aromatic carbocycles. The van der Waals surface area contributed by atoms with E-state index in [9.17, 15) is 8.78 Å². The summed E-state index contributed by atoms with van der Waals surface area (Å²) in [6, 6.07) is 1.23. The Labute approximate surface area is 93.0 Å². The minimum atomic E-state index is -2.66. The molecular weight excluding hydrogens is 279 g/mol. The molecule has 0 amide bonds. The summed E-state index contributed by atoms with van der Waals surface area (Å²) in [4.78, 5) is 3.83. The van der Waals surface area contributed by atoms with Crippen LogP contribution in [0.5, 0.6) is 0 Å². The van der Waals surface area contributed by atoms with Crippen molar-refractivity contribution in [3.63, 3.8) is 0 Å². The second-order valence-corrected chi connectivity index (χ2v) is 3.48. The third-order valence-corrected chi connectivity index (χ3v) is 2.58. The highest BCUT2D eigenvalue weighted by atomic mass is 79.9. The van der Waals surface area contributed by atoms with Gasteiger partial charge < -0.3 is 5.11 Å². The van der Waals surface area contributed by atoms with Gasteiger partial charge in [0.15, 0.2) is 0 Å². The molecule has 0 fully saturated rings. The number of alkyl halides is 3. The fraction of sp³-hybridized carbons (Fsp3) is 0.375. The number of rotatable bonds is 3. The minimum absolute atomic E-state index is 0.00799. The van der Waals surface area contributed by atoms with E-state index in [0.29, 0.717) is 11.0 Å². The van der Waals surface area contributed by atoms with Gasteiger partial charge in [0.1, 0.15) is 5.15 Å². The number of halogens is 4. The molecule has 1 heterocycles. The lowest BCUT2D eigenvalue weighted by molar-refractivity contribution is 0.147. The molecule has 0 aliphatic heterocycles. The third kappa shape index (κ3) is 2.40. The van der Waals surface area contributed by atoms with E-state index in [1.165, 1.54) is 6.07 Å². The van der Waals surface area contributed by atoms with Crippen molar-refractivity contribution in [2.24, 2.45) is 0 Å². The molecule has 0 bridgehead atoms. The first-order chi connectivity index (χ1) is 6.60. The maximum Gasteiger partial charge on any atom is 0.264 e. The van der Waals surface area contributed by atoms with Gasteiger partial charge in [-0.3, -0.25) is 0 Å². The van der Waals surface area contributed by atoms with Crippen LogP contribution < -0.4 is 0 Å². The maximum absolute atomic E-state index is 12.5. The first-order valence-corrected chi connectivity index (χ1v) is 5.23. The molecule has 14 heavy (non-hydrogen) atoms. The highest BCUT2D eigenvalue weighted by molar-refractivity contribution is 9.08. The molecule has 1 aromatic rings. The van der Waals surface area contributed by atoms with Crippen molar-refractivity contribution in [2.75, 3.05) is 0 Å². The van der Waals surface area contributed by atoms with Gasteiger partial charge in [-0.05, 0) is 6.07 Å². The van der Waals surface area contributed by atoms with Crippen LogP contribution in [0.2, 0.25) is 5.15 Å². The van der Waals surface area contributed by atoms with Gasteiger partial charge in [-0.25, -0.2) is 13.8 Å². The van der Waals surface area contributed by atoms with Gasteiger partial charge in [0.05, 0.1) is 12.3 Å². The number of aromatic nitrogens is 1. The standard InChI is InChI=1S/C8H7BrClF2NO/c9-2-4-1-5(8(11)12)6(3-14)7(10)13-4/h1,8,14H,2-3H2. The minimum Gasteiger partial charge on any atom is -0.392 e. The van der Waals surface area contributed by atoms with Gasteiger partial charge in [-0.15, -0.1) is 0 Å². The van der Waals surface area contributed by atoms with Crippen LogP contribution in [0.25, 0.3) is 0 Å². The van der Waals surface area contributed by atoms with Gasteiger partial charge in [0, 0.05) is 16.5 Å². The SMILES string of the molecule is OCc1c(C(F)F)cc(CBr)nc1Cl. The lowest BCUT2D eigenvalue weighted by atomic mass is 10.1. The first-order valence-electron chi connectivity index (χ1n) is 3.73. The van der Waals surface area contributed by atoms with Gasteiger partial charge in [0.2, 0.25) is 0 Å². The van der Waals surface area contributed by atoms with Crippen LogP contribution in [-0.2, 0) is 11.9 Å². The number of aliphatic hydroxyl groups is 1. The number of aliphatic hydroxyl groups excluding tert-OH is 1. The Morgan fingerprint density at radius 2 is 2.21 bits per heavy atom. The Morgan fingerprint density at radius 3 is 2.64 bits per heavy atom. The van der Waals surface area contributed by atoms with E-state index in [0.717, 1.165) is 0 Å². The zero-order valence-electron chi connectivity index (χ0n) is 6.98. The van der Waals surface area contributed by atoms with E-state index >= 15 is 0 Å². The zero-order chi connectivity index (χ0) is 10.7. The van der Waals surface area contributed by atoms with Crippen molar-refractivity contribution >= 4 is 27.5 Å².